The highest BCUT2D eigenvalue weighted by Crippen LogP contribution is 2.02. The van der Waals surface area contributed by atoms with Gasteiger partial charge in [0.05, 0.1) is 5.54 Å². The first-order valence-corrected chi connectivity index (χ1v) is 6.07. The highest BCUT2D eigenvalue weighted by molar-refractivity contribution is 5.91. The Hall–Kier alpha value is -1.10. The lowest BCUT2D eigenvalue weighted by Crippen LogP contribution is -2.57. The van der Waals surface area contributed by atoms with Gasteiger partial charge in [0.25, 0.3) is 0 Å². The molecule has 5 nitrogen and oxygen atoms in total. The molecule has 0 aliphatic carbocycles. The number of nitrogens with one attached hydrogen (secondary N) is 3. The average molecular weight is 243 g/mol. The van der Waals surface area contributed by atoms with Crippen LogP contribution in [0.25, 0.3) is 0 Å². The van der Waals surface area contributed by atoms with E-state index in [-0.39, 0.29) is 17.9 Å². The second kappa shape index (κ2) is 6.59. The zero-order chi connectivity index (χ0) is 13.6. The van der Waals surface area contributed by atoms with Crippen molar-refractivity contribution in [1.82, 2.24) is 16.0 Å². The lowest BCUT2D eigenvalue weighted by Gasteiger charge is -2.26. The average Bonchev–Trinajstić information content (AvgIpc) is 2.16. The van der Waals surface area contributed by atoms with E-state index in [1.165, 1.54) is 0 Å². The molecule has 0 fully saturated rings. The minimum atomic E-state index is -0.666. The Kier molecular flexibility index (Phi) is 6.16. The predicted molar refractivity (Wildman–Crippen MR) is 68.6 cm³/mol. The molecule has 1 unspecified atom stereocenters. The topological polar surface area (TPSA) is 70.2 Å². The molecule has 0 bridgehead atoms. The zero-order valence-corrected chi connectivity index (χ0v) is 11.7. The Morgan fingerprint density at radius 2 is 1.65 bits per heavy atom. The van der Waals surface area contributed by atoms with Crippen molar-refractivity contribution in [1.29, 1.82) is 0 Å². The Labute approximate surface area is 104 Å². The minimum absolute atomic E-state index is 0.0728. The molecule has 3 N–H and O–H groups in total. The molecule has 0 spiro atoms. The van der Waals surface area contributed by atoms with Crippen LogP contribution in [0.1, 0.15) is 41.5 Å². The molecule has 0 aromatic carbocycles. The van der Waals surface area contributed by atoms with Crippen LogP contribution >= 0.6 is 0 Å². The lowest BCUT2D eigenvalue weighted by molar-refractivity contribution is -0.131. The summed E-state index contributed by atoms with van der Waals surface area (Å²) in [4.78, 5) is 23.5. The molecule has 0 rings (SSSR count). The van der Waals surface area contributed by atoms with E-state index in [1.54, 1.807) is 20.8 Å². The third kappa shape index (κ3) is 5.68. The van der Waals surface area contributed by atoms with Crippen LogP contribution in [0.3, 0.4) is 0 Å². The van der Waals surface area contributed by atoms with E-state index in [1.807, 2.05) is 20.8 Å². The van der Waals surface area contributed by atoms with E-state index in [2.05, 4.69) is 16.0 Å². The molecule has 0 aromatic rings. The number of rotatable bonds is 6. The van der Waals surface area contributed by atoms with Crippen molar-refractivity contribution in [3.05, 3.63) is 0 Å². The van der Waals surface area contributed by atoms with Crippen LogP contribution in [0, 0.1) is 0 Å². The Morgan fingerprint density at radius 3 is 2.06 bits per heavy atom. The molecule has 0 aliphatic heterocycles. The number of likely N-dealkylation sites (N-methyl/N-ethyl adjacent to an activating group) is 1. The molecular weight excluding hydrogens is 218 g/mol. The van der Waals surface area contributed by atoms with E-state index in [0.29, 0.717) is 6.54 Å². The van der Waals surface area contributed by atoms with Crippen molar-refractivity contribution in [3.8, 4) is 0 Å². The van der Waals surface area contributed by atoms with Gasteiger partial charge in [0.1, 0.15) is 6.04 Å². The number of carbonyl (C=O) groups excluding carboxylic acids is 2. The summed E-state index contributed by atoms with van der Waals surface area (Å²) in [5.74, 6) is -0.341. The highest BCUT2D eigenvalue weighted by Gasteiger charge is 2.28. The van der Waals surface area contributed by atoms with Crippen molar-refractivity contribution >= 4 is 11.8 Å². The normalized spacial score (nSPS) is 13.4. The highest BCUT2D eigenvalue weighted by atomic mass is 16.2. The van der Waals surface area contributed by atoms with Crippen LogP contribution < -0.4 is 16.0 Å². The fourth-order valence-corrected chi connectivity index (χ4v) is 1.37. The molecule has 0 aromatic heterocycles. The second-order valence-electron chi connectivity index (χ2n) is 5.01. The van der Waals surface area contributed by atoms with Gasteiger partial charge in [-0.25, -0.2) is 0 Å². The first kappa shape index (κ1) is 15.9. The van der Waals surface area contributed by atoms with Crippen molar-refractivity contribution in [2.45, 2.75) is 59.2 Å². The van der Waals surface area contributed by atoms with Crippen LogP contribution in [0.5, 0.6) is 0 Å². The van der Waals surface area contributed by atoms with Crippen LogP contribution in [0.2, 0.25) is 0 Å². The molecule has 0 saturated carbocycles. The number of amides is 2. The standard InChI is InChI=1S/C12H25N3O2/c1-7-13-12(5,6)11(17)15-9(4)10(16)14-8(2)3/h8-9,13H,7H2,1-6H3,(H,14,16)(H,15,17). The molecule has 0 aliphatic rings. The monoisotopic (exact) mass is 243 g/mol. The maximum atomic E-state index is 11.9. The van der Waals surface area contributed by atoms with E-state index < -0.39 is 11.6 Å². The lowest BCUT2D eigenvalue weighted by atomic mass is 10.0. The van der Waals surface area contributed by atoms with Gasteiger partial charge in [-0.1, -0.05) is 6.92 Å². The number of carbonyl (C=O) groups is 2. The predicted octanol–water partition coefficient (Wildman–Crippen LogP) is 0.404. The zero-order valence-electron chi connectivity index (χ0n) is 11.7. The van der Waals surface area contributed by atoms with Gasteiger partial charge in [-0.2, -0.15) is 0 Å². The van der Waals surface area contributed by atoms with E-state index in [9.17, 15) is 9.59 Å². The molecule has 100 valence electrons. The summed E-state index contributed by atoms with van der Waals surface area (Å²) >= 11 is 0. The van der Waals surface area contributed by atoms with Crippen molar-refractivity contribution in [3.63, 3.8) is 0 Å². The van der Waals surface area contributed by atoms with Crippen LogP contribution in [-0.2, 0) is 9.59 Å². The molecule has 0 saturated heterocycles. The molecule has 2 amide bonds. The number of hydrogen-bond donors (Lipinski definition) is 3. The summed E-state index contributed by atoms with van der Waals surface area (Å²) in [6.07, 6.45) is 0. The van der Waals surface area contributed by atoms with Gasteiger partial charge >= 0.3 is 0 Å². The van der Waals surface area contributed by atoms with E-state index >= 15 is 0 Å². The van der Waals surface area contributed by atoms with Gasteiger partial charge in [0.15, 0.2) is 0 Å². The van der Waals surface area contributed by atoms with Crippen molar-refractivity contribution < 1.29 is 9.59 Å². The maximum absolute atomic E-state index is 11.9. The third-order valence-corrected chi connectivity index (χ3v) is 2.36. The molecular formula is C12H25N3O2. The van der Waals surface area contributed by atoms with Crippen molar-refractivity contribution in [2.24, 2.45) is 0 Å². The van der Waals surface area contributed by atoms with Crippen LogP contribution in [-0.4, -0.2) is 36.0 Å². The third-order valence-electron chi connectivity index (χ3n) is 2.36. The summed E-state index contributed by atoms with van der Waals surface area (Å²) < 4.78 is 0. The van der Waals surface area contributed by atoms with Crippen LogP contribution in [0.15, 0.2) is 0 Å². The summed E-state index contributed by atoms with van der Waals surface area (Å²) in [5, 5.41) is 8.52. The van der Waals surface area contributed by atoms with Crippen molar-refractivity contribution in [2.75, 3.05) is 6.54 Å². The SMILES string of the molecule is CCNC(C)(C)C(=O)NC(C)C(=O)NC(C)C. The van der Waals surface area contributed by atoms with Gasteiger partial charge in [0.2, 0.25) is 11.8 Å². The fourth-order valence-electron chi connectivity index (χ4n) is 1.37. The van der Waals surface area contributed by atoms with Gasteiger partial charge in [-0.15, -0.1) is 0 Å². The first-order valence-electron chi connectivity index (χ1n) is 6.07. The smallest absolute Gasteiger partial charge is 0.242 e. The van der Waals surface area contributed by atoms with Gasteiger partial charge in [-0.05, 0) is 41.2 Å². The van der Waals surface area contributed by atoms with Gasteiger partial charge < -0.3 is 16.0 Å². The molecule has 5 heteroatoms. The minimum Gasteiger partial charge on any atom is -0.352 e. The summed E-state index contributed by atoms with van der Waals surface area (Å²) in [6, 6.07) is -0.452. The summed E-state index contributed by atoms with van der Waals surface area (Å²) in [5.41, 5.74) is -0.666. The second-order valence-corrected chi connectivity index (χ2v) is 5.01. The fraction of sp³-hybridized carbons (Fsp3) is 0.833. The number of hydrogen-bond acceptors (Lipinski definition) is 3. The Morgan fingerprint density at radius 1 is 1.12 bits per heavy atom. The van der Waals surface area contributed by atoms with Gasteiger partial charge in [0, 0.05) is 6.04 Å². The molecule has 17 heavy (non-hydrogen) atoms. The quantitative estimate of drug-likeness (QED) is 0.632. The molecule has 0 radical (unpaired) electrons. The first-order chi connectivity index (χ1) is 7.70. The summed E-state index contributed by atoms with van der Waals surface area (Å²) in [7, 11) is 0. The Bertz CT molecular complexity index is 275. The van der Waals surface area contributed by atoms with Gasteiger partial charge in [-0.3, -0.25) is 9.59 Å². The summed E-state index contributed by atoms with van der Waals surface area (Å²) in [6.45, 7) is 11.7. The van der Waals surface area contributed by atoms with E-state index in [4.69, 9.17) is 0 Å². The van der Waals surface area contributed by atoms with E-state index in [0.717, 1.165) is 0 Å². The molecule has 0 heterocycles. The largest absolute Gasteiger partial charge is 0.352 e. The Balaban J connectivity index is 4.33. The maximum Gasteiger partial charge on any atom is 0.242 e. The molecule has 1 atom stereocenters. The van der Waals surface area contributed by atoms with Crippen LogP contribution in [0.4, 0.5) is 0 Å².